The number of hydrogen-bond acceptors (Lipinski definition) is 7. The van der Waals surface area contributed by atoms with Crippen LogP contribution in [0.15, 0.2) is 95.7 Å². The summed E-state index contributed by atoms with van der Waals surface area (Å²) in [6.45, 7) is 11.5. The maximum Gasteiger partial charge on any atom is 0.494 e. The number of allylic oxidation sites excluding steroid dienone is 5. The van der Waals surface area contributed by atoms with Crippen LogP contribution in [0.2, 0.25) is 0 Å². The third-order valence-electron chi connectivity index (χ3n) is 14.2. The molecule has 8 heteroatoms. The van der Waals surface area contributed by atoms with E-state index in [1.165, 1.54) is 31.3 Å². The van der Waals surface area contributed by atoms with E-state index in [1.807, 2.05) is 37.5 Å². The van der Waals surface area contributed by atoms with E-state index in [1.54, 1.807) is 0 Å². The van der Waals surface area contributed by atoms with Crippen molar-refractivity contribution in [1.82, 2.24) is 0 Å². The van der Waals surface area contributed by atoms with Crippen LogP contribution < -0.4 is 15.1 Å². The number of rotatable bonds is 9. The molecule has 2 heterocycles. The Hall–Kier alpha value is -5.02. The SMILES string of the molecule is CCN1C(/C=C/c2ccc(OCc3ccc(B4OC(C)(C)C(C)(C)O4)cc3)cc2C(OC)=C2C3CC4CC5CC2C45C3)=CC(=C(C#N)C#N)c2ccccc21. The van der Waals surface area contributed by atoms with Crippen molar-refractivity contribution in [3.05, 3.63) is 118 Å². The third kappa shape index (κ3) is 5.44. The van der Waals surface area contributed by atoms with Crippen molar-refractivity contribution in [3.8, 4) is 17.9 Å². The minimum Gasteiger partial charge on any atom is -0.496 e. The first kappa shape index (κ1) is 35.7. The van der Waals surface area contributed by atoms with Crippen molar-refractivity contribution < 1.29 is 18.8 Å². The number of anilines is 1. The minimum atomic E-state index is -0.402. The van der Waals surface area contributed by atoms with Gasteiger partial charge in [-0.15, -0.1) is 0 Å². The number of fused-ring (bicyclic) bond motifs is 2. The van der Waals surface area contributed by atoms with Gasteiger partial charge in [0.05, 0.1) is 18.3 Å². The number of nitrogens with zero attached hydrogens (tertiary/aromatic N) is 3. The molecule has 0 N–H and O–H groups in total. The number of nitriles is 2. The van der Waals surface area contributed by atoms with Gasteiger partial charge in [-0.3, -0.25) is 0 Å². The highest BCUT2D eigenvalue weighted by Crippen LogP contribution is 2.83. The summed E-state index contributed by atoms with van der Waals surface area (Å²) in [7, 11) is 1.42. The van der Waals surface area contributed by atoms with Crippen molar-refractivity contribution in [1.29, 1.82) is 10.5 Å². The largest absolute Gasteiger partial charge is 0.496 e. The number of hydrogen-bond donors (Lipinski definition) is 0. The Balaban J connectivity index is 1.05. The van der Waals surface area contributed by atoms with Gasteiger partial charge >= 0.3 is 7.12 Å². The molecule has 2 aliphatic heterocycles. The Kier molecular flexibility index (Phi) is 8.46. The molecule has 0 radical (unpaired) electrons. The Morgan fingerprint density at radius 1 is 0.927 bits per heavy atom. The second-order valence-electron chi connectivity index (χ2n) is 17.2. The quantitative estimate of drug-likeness (QED) is 0.123. The monoisotopic (exact) mass is 729 g/mol. The van der Waals surface area contributed by atoms with Crippen molar-refractivity contribution in [3.63, 3.8) is 0 Å². The molecule has 5 fully saturated rings. The topological polar surface area (TPSA) is 87.7 Å². The molecule has 1 spiro atoms. The molecule has 1 saturated heterocycles. The molecular formula is C47H48BN3O4. The molecule has 9 rings (SSSR count). The lowest BCUT2D eigenvalue weighted by Crippen LogP contribution is -2.60. The Bertz CT molecular complexity index is 2260. The van der Waals surface area contributed by atoms with Crippen LogP contribution >= 0.6 is 0 Å². The summed E-state index contributed by atoms with van der Waals surface area (Å²) in [6.07, 6.45) is 11.5. The van der Waals surface area contributed by atoms with Gasteiger partial charge in [-0.1, -0.05) is 54.6 Å². The second kappa shape index (κ2) is 13.0. The summed E-state index contributed by atoms with van der Waals surface area (Å²) in [6, 6.07) is 26.8. The smallest absolute Gasteiger partial charge is 0.494 e. The van der Waals surface area contributed by atoms with E-state index < -0.39 is 7.12 Å². The standard InChI is InChI=1S/C47H48BN3O4/c1-7-51-36(23-39(32(26-49)27-50)38-10-8-9-11-42(38)51)18-14-30-15-19-37(53-28-29-12-16-35(17-13-29)48-54-45(2,3)46(4,5)55-48)24-40(30)44(52-6)43-31-20-33-21-34-22-41(43)47(33,34)25-31/h8-19,23-24,31,33-34,41H,7,20-22,25,28H2,1-6H3/b18-14+,44-43?. The van der Waals surface area contributed by atoms with E-state index in [2.05, 4.69) is 106 Å². The van der Waals surface area contributed by atoms with E-state index in [-0.39, 0.29) is 16.8 Å². The fourth-order valence-corrected chi connectivity index (χ4v) is 10.8. The number of benzene rings is 3. The average molecular weight is 730 g/mol. The normalized spacial score (nSPS) is 28.4. The number of para-hydroxylation sites is 1. The summed E-state index contributed by atoms with van der Waals surface area (Å²) in [4.78, 5) is 2.23. The van der Waals surface area contributed by atoms with Gasteiger partial charge in [0.15, 0.2) is 0 Å². The van der Waals surface area contributed by atoms with Crippen molar-refractivity contribution in [2.24, 2.45) is 29.1 Å². The zero-order valence-corrected chi connectivity index (χ0v) is 32.7. The van der Waals surface area contributed by atoms with E-state index in [0.29, 0.717) is 29.4 Å². The van der Waals surface area contributed by atoms with E-state index in [4.69, 9.17) is 18.8 Å². The summed E-state index contributed by atoms with van der Waals surface area (Å²) in [5.41, 5.74) is 8.91. The van der Waals surface area contributed by atoms with Gasteiger partial charge < -0.3 is 23.7 Å². The molecule has 3 aromatic carbocycles. The van der Waals surface area contributed by atoms with Crippen LogP contribution in [0.25, 0.3) is 17.4 Å². The van der Waals surface area contributed by atoms with Crippen LogP contribution in [0.4, 0.5) is 5.69 Å². The number of likely N-dealkylation sites (N-methyl/N-ethyl adjacent to an activating group) is 1. The molecule has 5 atom stereocenters. The van der Waals surface area contributed by atoms with E-state index in [9.17, 15) is 10.5 Å². The van der Waals surface area contributed by atoms with Crippen LogP contribution in [0.1, 0.15) is 82.6 Å². The predicted molar refractivity (Wildman–Crippen MR) is 216 cm³/mol. The molecule has 4 aliphatic carbocycles. The van der Waals surface area contributed by atoms with Gasteiger partial charge in [-0.2, -0.15) is 10.5 Å². The fraction of sp³-hybridized carbons (Fsp3) is 0.404. The van der Waals surface area contributed by atoms with Gasteiger partial charge in [0.2, 0.25) is 0 Å². The van der Waals surface area contributed by atoms with E-state index in [0.717, 1.165) is 69.0 Å². The molecule has 4 saturated carbocycles. The van der Waals surface area contributed by atoms with Crippen LogP contribution in [0.3, 0.4) is 0 Å². The van der Waals surface area contributed by atoms with Gasteiger partial charge in [0.25, 0.3) is 0 Å². The molecule has 0 aromatic heterocycles. The summed E-state index contributed by atoms with van der Waals surface area (Å²) >= 11 is 0. The summed E-state index contributed by atoms with van der Waals surface area (Å²) in [5, 5.41) is 19.7. The van der Waals surface area contributed by atoms with E-state index >= 15 is 0 Å². The molecule has 7 nitrogen and oxygen atoms in total. The number of ether oxygens (including phenoxy) is 2. The molecule has 3 aromatic rings. The lowest BCUT2D eigenvalue weighted by atomic mass is 9.38. The Morgan fingerprint density at radius 2 is 1.65 bits per heavy atom. The molecule has 278 valence electrons. The molecule has 2 bridgehead atoms. The highest BCUT2D eigenvalue weighted by atomic mass is 16.7. The highest BCUT2D eigenvalue weighted by molar-refractivity contribution is 6.62. The van der Waals surface area contributed by atoms with Gasteiger partial charge in [-0.25, -0.2) is 0 Å². The Labute approximate surface area is 325 Å². The first-order valence-corrected chi connectivity index (χ1v) is 19.8. The average Bonchev–Trinajstić information content (AvgIpc) is 3.76. The van der Waals surface area contributed by atoms with Gasteiger partial charge in [0.1, 0.15) is 35.8 Å². The number of methoxy groups -OCH3 is 1. The second-order valence-corrected chi connectivity index (χ2v) is 17.2. The zero-order chi connectivity index (χ0) is 38.3. The maximum atomic E-state index is 9.86. The van der Waals surface area contributed by atoms with Crippen LogP contribution in [-0.2, 0) is 20.7 Å². The van der Waals surface area contributed by atoms with Crippen LogP contribution in [-0.4, -0.2) is 32.0 Å². The molecule has 0 amide bonds. The van der Waals surface area contributed by atoms with Crippen molar-refractivity contribution in [2.45, 2.75) is 78.1 Å². The maximum absolute atomic E-state index is 9.86. The lowest BCUT2D eigenvalue weighted by Gasteiger charge is -2.66. The van der Waals surface area contributed by atoms with Crippen LogP contribution in [0, 0.1) is 51.7 Å². The lowest BCUT2D eigenvalue weighted by molar-refractivity contribution is -0.159. The summed E-state index contributed by atoms with van der Waals surface area (Å²) < 4.78 is 25.5. The Morgan fingerprint density at radius 3 is 2.33 bits per heavy atom. The summed E-state index contributed by atoms with van der Waals surface area (Å²) in [5.74, 6) is 4.76. The van der Waals surface area contributed by atoms with Crippen molar-refractivity contribution in [2.75, 3.05) is 18.6 Å². The van der Waals surface area contributed by atoms with Crippen molar-refractivity contribution >= 4 is 35.7 Å². The molecular weight excluding hydrogens is 681 g/mol. The predicted octanol–water partition coefficient (Wildman–Crippen LogP) is 9.23. The fourth-order valence-electron chi connectivity index (χ4n) is 10.8. The van der Waals surface area contributed by atoms with Gasteiger partial charge in [0, 0.05) is 34.6 Å². The molecule has 6 aliphatic rings. The first-order valence-electron chi connectivity index (χ1n) is 19.8. The molecule has 5 unspecified atom stereocenters. The first-order chi connectivity index (χ1) is 26.5. The third-order valence-corrected chi connectivity index (χ3v) is 14.2. The van der Waals surface area contributed by atoms with Gasteiger partial charge in [-0.05, 0) is 142 Å². The highest BCUT2D eigenvalue weighted by Gasteiger charge is 2.75. The minimum absolute atomic E-state index is 0.106. The molecule has 55 heavy (non-hydrogen) atoms. The van der Waals surface area contributed by atoms with Crippen LogP contribution in [0.5, 0.6) is 5.75 Å². The zero-order valence-electron chi connectivity index (χ0n) is 32.7.